The topological polar surface area (TPSA) is 57.4 Å². The van der Waals surface area contributed by atoms with Crippen LogP contribution in [0.15, 0.2) is 12.1 Å². The first-order valence-electron chi connectivity index (χ1n) is 6.13. The van der Waals surface area contributed by atoms with Crippen LogP contribution in [0.3, 0.4) is 0 Å². The Kier molecular flexibility index (Phi) is 3.30. The molecule has 1 aromatic heterocycles. The molecule has 1 aliphatic heterocycles. The molecule has 2 rings (SSSR count). The van der Waals surface area contributed by atoms with Crippen molar-refractivity contribution in [3.8, 4) is 0 Å². The van der Waals surface area contributed by atoms with Gasteiger partial charge in [0.1, 0.15) is 5.82 Å². The van der Waals surface area contributed by atoms with Gasteiger partial charge in [0, 0.05) is 0 Å². The summed E-state index contributed by atoms with van der Waals surface area (Å²) in [6.45, 7) is 7.24. The van der Waals surface area contributed by atoms with E-state index in [4.69, 9.17) is 15.0 Å². The fourth-order valence-corrected chi connectivity index (χ4v) is 1.82. The van der Waals surface area contributed by atoms with Crippen LogP contribution in [-0.2, 0) is 15.5 Å². The molecular formula is C12H16BF3N2O2. The van der Waals surface area contributed by atoms with Crippen LogP contribution >= 0.6 is 0 Å². The monoisotopic (exact) mass is 288 g/mol. The van der Waals surface area contributed by atoms with Gasteiger partial charge in [0.15, 0.2) is 0 Å². The molecular weight excluding hydrogens is 272 g/mol. The van der Waals surface area contributed by atoms with Crippen LogP contribution in [0.2, 0.25) is 0 Å². The Hall–Kier alpha value is -1.28. The molecule has 0 aliphatic carbocycles. The van der Waals surface area contributed by atoms with Gasteiger partial charge in [0.05, 0.1) is 22.4 Å². The summed E-state index contributed by atoms with van der Waals surface area (Å²) >= 11 is 0. The van der Waals surface area contributed by atoms with Crippen molar-refractivity contribution in [2.24, 2.45) is 0 Å². The molecule has 0 amide bonds. The largest absolute Gasteiger partial charge is 0.514 e. The summed E-state index contributed by atoms with van der Waals surface area (Å²) in [5.41, 5.74) is 3.29. The number of nitrogens with zero attached hydrogens (tertiary/aromatic N) is 1. The number of anilines is 1. The van der Waals surface area contributed by atoms with Gasteiger partial charge in [0.25, 0.3) is 0 Å². The Morgan fingerprint density at radius 1 is 1.10 bits per heavy atom. The lowest BCUT2D eigenvalue weighted by Crippen LogP contribution is -2.41. The van der Waals surface area contributed by atoms with E-state index in [1.165, 1.54) is 0 Å². The highest BCUT2D eigenvalue weighted by molar-refractivity contribution is 6.61. The van der Waals surface area contributed by atoms with Crippen molar-refractivity contribution in [2.45, 2.75) is 45.1 Å². The Bertz CT molecular complexity index is 516. The van der Waals surface area contributed by atoms with Gasteiger partial charge in [-0.1, -0.05) is 0 Å². The summed E-state index contributed by atoms with van der Waals surface area (Å²) in [5, 5.41) is 0. The molecule has 1 aliphatic rings. The van der Waals surface area contributed by atoms with Gasteiger partial charge >= 0.3 is 13.3 Å². The van der Waals surface area contributed by atoms with Gasteiger partial charge < -0.3 is 15.0 Å². The van der Waals surface area contributed by atoms with Gasteiger partial charge in [-0.3, -0.25) is 0 Å². The second-order valence-corrected chi connectivity index (χ2v) is 5.79. The van der Waals surface area contributed by atoms with Crippen molar-refractivity contribution < 1.29 is 22.5 Å². The highest BCUT2D eigenvalue weighted by Crippen LogP contribution is 2.37. The number of rotatable bonds is 1. The van der Waals surface area contributed by atoms with Gasteiger partial charge in [-0.25, -0.2) is 4.98 Å². The number of aromatic nitrogens is 1. The van der Waals surface area contributed by atoms with E-state index in [0.717, 1.165) is 12.1 Å². The third-order valence-electron chi connectivity index (χ3n) is 3.69. The number of nitrogen functional groups attached to an aromatic ring is 1. The van der Waals surface area contributed by atoms with Crippen molar-refractivity contribution in [2.75, 3.05) is 5.73 Å². The quantitative estimate of drug-likeness (QED) is 0.803. The van der Waals surface area contributed by atoms with E-state index in [0.29, 0.717) is 0 Å². The standard InChI is InChI=1S/C12H16BF3N2O2/c1-10(2)11(3,4)20-13(19-10)8-5-7(12(14,15)16)6-9(17)18-8/h5-6H,1-4H3,(H2,17,18). The van der Waals surface area contributed by atoms with E-state index in [9.17, 15) is 13.2 Å². The number of alkyl halides is 3. The molecule has 2 N–H and O–H groups in total. The van der Waals surface area contributed by atoms with Gasteiger partial charge in [0.2, 0.25) is 0 Å². The van der Waals surface area contributed by atoms with Crippen LogP contribution in [-0.4, -0.2) is 23.3 Å². The summed E-state index contributed by atoms with van der Waals surface area (Å²) in [5.74, 6) is -0.218. The molecule has 0 unspecified atom stereocenters. The zero-order valence-electron chi connectivity index (χ0n) is 11.7. The van der Waals surface area contributed by atoms with Gasteiger partial charge in [-0.05, 0) is 39.8 Å². The zero-order valence-corrected chi connectivity index (χ0v) is 11.7. The van der Waals surface area contributed by atoms with E-state index in [-0.39, 0.29) is 11.4 Å². The van der Waals surface area contributed by atoms with Crippen LogP contribution < -0.4 is 11.3 Å². The summed E-state index contributed by atoms with van der Waals surface area (Å²) in [6, 6.07) is 1.69. The smallest absolute Gasteiger partial charge is 0.398 e. The van der Waals surface area contributed by atoms with Crippen molar-refractivity contribution >= 4 is 18.5 Å². The molecule has 0 atom stereocenters. The molecule has 0 saturated carbocycles. The predicted molar refractivity (Wildman–Crippen MR) is 69.4 cm³/mol. The minimum Gasteiger partial charge on any atom is -0.398 e. The Labute approximate surface area is 115 Å². The molecule has 110 valence electrons. The van der Waals surface area contributed by atoms with E-state index >= 15 is 0 Å². The minimum atomic E-state index is -4.49. The molecule has 0 bridgehead atoms. The molecule has 1 fully saturated rings. The number of hydrogen-bond acceptors (Lipinski definition) is 4. The van der Waals surface area contributed by atoms with Gasteiger partial charge in [-0.15, -0.1) is 0 Å². The van der Waals surface area contributed by atoms with E-state index in [2.05, 4.69) is 4.98 Å². The highest BCUT2D eigenvalue weighted by atomic mass is 19.4. The van der Waals surface area contributed by atoms with E-state index in [1.54, 1.807) is 0 Å². The first-order chi connectivity index (χ1) is 8.92. The van der Waals surface area contributed by atoms with Crippen LogP contribution in [0.5, 0.6) is 0 Å². The number of nitrogens with two attached hydrogens (primary N) is 1. The molecule has 1 saturated heterocycles. The lowest BCUT2D eigenvalue weighted by Gasteiger charge is -2.32. The van der Waals surface area contributed by atoms with Crippen molar-refractivity contribution in [3.63, 3.8) is 0 Å². The predicted octanol–water partition coefficient (Wildman–Crippen LogP) is 1.98. The summed E-state index contributed by atoms with van der Waals surface area (Å²) < 4.78 is 49.7. The third kappa shape index (κ3) is 2.62. The van der Waals surface area contributed by atoms with Gasteiger partial charge in [-0.2, -0.15) is 13.2 Å². The van der Waals surface area contributed by atoms with Crippen LogP contribution in [0, 0.1) is 0 Å². The average molecular weight is 288 g/mol. The fraction of sp³-hybridized carbons (Fsp3) is 0.583. The van der Waals surface area contributed by atoms with Crippen LogP contribution in [0.1, 0.15) is 33.3 Å². The Morgan fingerprint density at radius 3 is 2.05 bits per heavy atom. The van der Waals surface area contributed by atoms with Crippen LogP contribution in [0.25, 0.3) is 0 Å². The zero-order chi connectivity index (χ0) is 15.3. The second-order valence-electron chi connectivity index (χ2n) is 5.79. The number of halogens is 3. The van der Waals surface area contributed by atoms with E-state index < -0.39 is 30.1 Å². The average Bonchev–Trinajstić information content (AvgIpc) is 2.46. The molecule has 20 heavy (non-hydrogen) atoms. The summed E-state index contributed by atoms with van der Waals surface area (Å²) in [7, 11) is -0.968. The van der Waals surface area contributed by atoms with Crippen LogP contribution in [0.4, 0.5) is 19.0 Å². The normalized spacial score (nSPS) is 21.2. The maximum Gasteiger partial charge on any atom is 0.514 e. The lowest BCUT2D eigenvalue weighted by molar-refractivity contribution is -0.137. The van der Waals surface area contributed by atoms with Crippen molar-refractivity contribution in [1.29, 1.82) is 0 Å². The maximum atomic E-state index is 12.8. The minimum absolute atomic E-state index is 0.0241. The molecule has 8 heteroatoms. The number of hydrogen-bond donors (Lipinski definition) is 1. The first kappa shape index (κ1) is 15.1. The first-order valence-corrected chi connectivity index (χ1v) is 6.13. The molecule has 4 nitrogen and oxygen atoms in total. The summed E-state index contributed by atoms with van der Waals surface area (Å²) in [6.07, 6.45) is -4.49. The second kappa shape index (κ2) is 4.36. The lowest BCUT2D eigenvalue weighted by atomic mass is 9.83. The molecule has 0 radical (unpaired) electrons. The number of pyridine rings is 1. The summed E-state index contributed by atoms with van der Waals surface area (Å²) in [4.78, 5) is 3.89. The highest BCUT2D eigenvalue weighted by Gasteiger charge is 2.52. The maximum absolute atomic E-state index is 12.8. The molecule has 0 aromatic carbocycles. The third-order valence-corrected chi connectivity index (χ3v) is 3.69. The SMILES string of the molecule is CC1(C)OB(c2cc(C(F)(F)F)cc(N)n2)OC1(C)C. The van der Waals surface area contributed by atoms with Crippen molar-refractivity contribution in [1.82, 2.24) is 4.98 Å². The van der Waals surface area contributed by atoms with E-state index in [1.807, 2.05) is 27.7 Å². The fourth-order valence-electron chi connectivity index (χ4n) is 1.82. The Balaban J connectivity index is 2.38. The molecule has 2 heterocycles. The van der Waals surface area contributed by atoms with Crippen molar-refractivity contribution in [3.05, 3.63) is 17.7 Å². The molecule has 0 spiro atoms. The molecule has 1 aromatic rings. The Morgan fingerprint density at radius 2 is 1.60 bits per heavy atom.